The molecule has 206 valence electrons. The summed E-state index contributed by atoms with van der Waals surface area (Å²) in [5, 5.41) is 14.6. The van der Waals surface area contributed by atoms with Gasteiger partial charge in [-0.25, -0.2) is 14.8 Å². The summed E-state index contributed by atoms with van der Waals surface area (Å²) in [6.45, 7) is 1.95. The van der Waals surface area contributed by atoms with Gasteiger partial charge in [-0.05, 0) is 48.2 Å². The Morgan fingerprint density at radius 3 is 2.26 bits per heavy atom. The number of rotatable bonds is 8. The molecule has 0 aliphatic carbocycles. The molecule has 0 bridgehead atoms. The minimum absolute atomic E-state index is 0.0120. The zero-order valence-electron chi connectivity index (χ0n) is 21.3. The van der Waals surface area contributed by atoms with Gasteiger partial charge in [0.15, 0.2) is 0 Å². The number of nitrogens with zero attached hydrogens (tertiary/aromatic N) is 4. The molecule has 2 amide bonds. The van der Waals surface area contributed by atoms with Gasteiger partial charge in [-0.2, -0.15) is 13.2 Å². The normalized spacial score (nSPS) is 13.7. The van der Waals surface area contributed by atoms with E-state index < -0.39 is 17.8 Å². The molecule has 9 nitrogen and oxygen atoms in total. The zero-order valence-corrected chi connectivity index (χ0v) is 21.3. The molecular formula is C27H29F3N6O3. The van der Waals surface area contributed by atoms with Crippen LogP contribution in [-0.4, -0.2) is 65.2 Å². The number of piperazine rings is 1. The number of likely N-dealkylation sites (N-methyl/N-ethyl adjacent to an activating group) is 1. The van der Waals surface area contributed by atoms with Gasteiger partial charge in [0, 0.05) is 50.8 Å². The van der Waals surface area contributed by atoms with E-state index in [1.165, 1.54) is 11.9 Å². The number of carbonyl (C=O) groups excluding carboxylic acids is 1. The molecule has 2 heterocycles. The Morgan fingerprint density at radius 2 is 1.64 bits per heavy atom. The molecule has 0 atom stereocenters. The van der Waals surface area contributed by atoms with Crippen molar-refractivity contribution in [3.8, 4) is 0 Å². The predicted molar refractivity (Wildman–Crippen MR) is 140 cm³/mol. The van der Waals surface area contributed by atoms with Crippen molar-refractivity contribution in [2.45, 2.75) is 25.4 Å². The van der Waals surface area contributed by atoms with Gasteiger partial charge < -0.3 is 25.5 Å². The van der Waals surface area contributed by atoms with Gasteiger partial charge in [-0.15, -0.1) is 0 Å². The highest BCUT2D eigenvalue weighted by molar-refractivity contribution is 5.78. The van der Waals surface area contributed by atoms with Crippen molar-refractivity contribution in [3.63, 3.8) is 0 Å². The standard InChI is InChI=1S/C27H29F3N6O3/c1-31-24(37)16-19-5-3-2-4-18(19)6-11-23-22(27(28,29)30)17-32-25(34-23)33-20-7-9-21(10-8-20)35-12-14-36(15-13-35)26(38)39/h2-5,7-10,17H,6,11-16H2,1H3,(H,31,37)(H,38,39)(H,32,33,34). The average Bonchev–Trinajstić information content (AvgIpc) is 2.92. The van der Waals surface area contributed by atoms with Gasteiger partial charge in [0.2, 0.25) is 11.9 Å². The van der Waals surface area contributed by atoms with Crippen LogP contribution in [0.1, 0.15) is 22.4 Å². The third kappa shape index (κ3) is 7.15. The van der Waals surface area contributed by atoms with Gasteiger partial charge in [-0.3, -0.25) is 4.79 Å². The van der Waals surface area contributed by atoms with Crippen molar-refractivity contribution < 1.29 is 27.9 Å². The van der Waals surface area contributed by atoms with Crippen LogP contribution in [0.2, 0.25) is 0 Å². The van der Waals surface area contributed by atoms with E-state index in [2.05, 4.69) is 25.5 Å². The number of anilines is 3. The fourth-order valence-corrected chi connectivity index (χ4v) is 4.43. The first-order valence-corrected chi connectivity index (χ1v) is 12.4. The molecule has 0 spiro atoms. The monoisotopic (exact) mass is 542 g/mol. The maximum atomic E-state index is 13.7. The van der Waals surface area contributed by atoms with E-state index in [1.807, 2.05) is 12.1 Å². The Balaban J connectivity index is 1.47. The number of hydrogen-bond acceptors (Lipinski definition) is 6. The van der Waals surface area contributed by atoms with Crippen LogP contribution in [0.15, 0.2) is 54.7 Å². The van der Waals surface area contributed by atoms with E-state index in [9.17, 15) is 22.8 Å². The molecule has 1 aliphatic heterocycles. The van der Waals surface area contributed by atoms with Crippen LogP contribution in [0.3, 0.4) is 0 Å². The van der Waals surface area contributed by atoms with Crippen LogP contribution in [0, 0.1) is 0 Å². The molecular weight excluding hydrogens is 513 g/mol. The lowest BCUT2D eigenvalue weighted by Gasteiger charge is -2.34. The molecule has 3 N–H and O–H groups in total. The maximum Gasteiger partial charge on any atom is 0.419 e. The van der Waals surface area contributed by atoms with E-state index in [4.69, 9.17) is 5.11 Å². The summed E-state index contributed by atoms with van der Waals surface area (Å²) in [7, 11) is 1.53. The second kappa shape index (κ2) is 12.0. The number of amides is 2. The highest BCUT2D eigenvalue weighted by Gasteiger charge is 2.35. The first-order valence-electron chi connectivity index (χ1n) is 12.4. The third-order valence-corrected chi connectivity index (χ3v) is 6.59. The summed E-state index contributed by atoms with van der Waals surface area (Å²) in [6, 6.07) is 14.4. The van der Waals surface area contributed by atoms with Crippen molar-refractivity contribution in [3.05, 3.63) is 77.1 Å². The number of carbonyl (C=O) groups is 2. The number of hydrogen-bond donors (Lipinski definition) is 3. The number of aryl methyl sites for hydroxylation is 2. The summed E-state index contributed by atoms with van der Waals surface area (Å²) < 4.78 is 41.2. The minimum Gasteiger partial charge on any atom is -0.465 e. The van der Waals surface area contributed by atoms with Crippen LogP contribution >= 0.6 is 0 Å². The van der Waals surface area contributed by atoms with Crippen molar-refractivity contribution in [1.82, 2.24) is 20.2 Å². The molecule has 0 unspecified atom stereocenters. The number of alkyl halides is 3. The van der Waals surface area contributed by atoms with Crippen molar-refractivity contribution in [1.29, 1.82) is 0 Å². The molecule has 1 aromatic heterocycles. The summed E-state index contributed by atoms with van der Waals surface area (Å²) in [4.78, 5) is 34.5. The van der Waals surface area contributed by atoms with E-state index in [0.717, 1.165) is 23.0 Å². The molecule has 0 saturated carbocycles. The summed E-state index contributed by atoms with van der Waals surface area (Å²) in [6.07, 6.45) is -4.33. The van der Waals surface area contributed by atoms with Crippen molar-refractivity contribution in [2.24, 2.45) is 0 Å². The van der Waals surface area contributed by atoms with Crippen LogP contribution in [0.25, 0.3) is 0 Å². The number of aromatic nitrogens is 2. The van der Waals surface area contributed by atoms with Crippen molar-refractivity contribution >= 4 is 29.3 Å². The topological polar surface area (TPSA) is 111 Å². The molecule has 12 heteroatoms. The smallest absolute Gasteiger partial charge is 0.419 e. The van der Waals surface area contributed by atoms with Gasteiger partial charge >= 0.3 is 12.3 Å². The summed E-state index contributed by atoms with van der Waals surface area (Å²) >= 11 is 0. The predicted octanol–water partition coefficient (Wildman–Crippen LogP) is 4.11. The second-order valence-corrected chi connectivity index (χ2v) is 9.10. The maximum absolute atomic E-state index is 13.7. The van der Waals surface area contributed by atoms with E-state index in [-0.39, 0.29) is 36.8 Å². The van der Waals surface area contributed by atoms with Gasteiger partial charge in [-0.1, -0.05) is 24.3 Å². The van der Waals surface area contributed by atoms with E-state index in [1.54, 1.807) is 36.4 Å². The Bertz CT molecular complexity index is 1310. The lowest BCUT2D eigenvalue weighted by atomic mass is 9.98. The molecule has 2 aromatic carbocycles. The molecule has 0 radical (unpaired) electrons. The average molecular weight is 543 g/mol. The SMILES string of the molecule is CNC(=O)Cc1ccccc1CCc1nc(Nc2ccc(N3CCN(C(=O)O)CC3)cc2)ncc1C(F)(F)F. The molecule has 1 aliphatic rings. The van der Waals surface area contributed by atoms with Gasteiger partial charge in [0.25, 0.3) is 0 Å². The van der Waals surface area contributed by atoms with Gasteiger partial charge in [0.05, 0.1) is 17.7 Å². The fourth-order valence-electron chi connectivity index (χ4n) is 4.43. The first kappa shape index (κ1) is 27.7. The Labute approximate surface area is 223 Å². The highest BCUT2D eigenvalue weighted by Crippen LogP contribution is 2.32. The largest absolute Gasteiger partial charge is 0.465 e. The van der Waals surface area contributed by atoms with Crippen LogP contribution in [0.5, 0.6) is 0 Å². The lowest BCUT2D eigenvalue weighted by molar-refractivity contribution is -0.138. The molecule has 1 saturated heterocycles. The first-order chi connectivity index (χ1) is 18.6. The molecule has 3 aromatic rings. The summed E-state index contributed by atoms with van der Waals surface area (Å²) in [5.41, 5.74) is 2.01. The number of carboxylic acid groups (broad SMARTS) is 1. The minimum atomic E-state index is -4.61. The number of halogens is 3. The Kier molecular flexibility index (Phi) is 8.52. The van der Waals surface area contributed by atoms with Gasteiger partial charge in [0.1, 0.15) is 0 Å². The zero-order chi connectivity index (χ0) is 28.0. The molecule has 39 heavy (non-hydrogen) atoms. The molecule has 1 fully saturated rings. The van der Waals surface area contributed by atoms with E-state index >= 15 is 0 Å². The lowest BCUT2D eigenvalue weighted by Crippen LogP contribution is -2.48. The van der Waals surface area contributed by atoms with Crippen LogP contribution in [-0.2, 0) is 30.2 Å². The quantitative estimate of drug-likeness (QED) is 0.393. The number of nitrogens with one attached hydrogen (secondary N) is 2. The Morgan fingerprint density at radius 1 is 0.974 bits per heavy atom. The Hall–Kier alpha value is -4.35. The third-order valence-electron chi connectivity index (χ3n) is 6.59. The van der Waals surface area contributed by atoms with E-state index in [0.29, 0.717) is 31.9 Å². The fraction of sp³-hybridized carbons (Fsp3) is 0.333. The summed E-state index contributed by atoms with van der Waals surface area (Å²) in [5.74, 6) is -0.139. The highest BCUT2D eigenvalue weighted by atomic mass is 19.4. The molecule has 4 rings (SSSR count). The van der Waals surface area contributed by atoms with Crippen LogP contribution in [0.4, 0.5) is 35.3 Å². The van der Waals surface area contributed by atoms with Crippen molar-refractivity contribution in [2.75, 3.05) is 43.4 Å². The number of benzene rings is 2. The second-order valence-electron chi connectivity index (χ2n) is 9.10. The van der Waals surface area contributed by atoms with Crippen LogP contribution < -0.4 is 15.5 Å².